The Morgan fingerprint density at radius 3 is 2.88 bits per heavy atom. The largest absolute Gasteiger partial charge is 0.461 e. The number of amides is 1. The third-order valence-electron chi connectivity index (χ3n) is 3.43. The highest BCUT2D eigenvalue weighted by Gasteiger charge is 2.17. The van der Waals surface area contributed by atoms with Crippen LogP contribution in [-0.4, -0.2) is 26.2 Å². The average molecular weight is 353 g/mol. The summed E-state index contributed by atoms with van der Waals surface area (Å²) in [5.74, 6) is 0.600. The minimum Gasteiger partial charge on any atom is -0.461 e. The molecule has 10 nitrogen and oxygen atoms in total. The van der Waals surface area contributed by atoms with Crippen molar-refractivity contribution in [3.05, 3.63) is 64.7 Å². The normalized spacial score (nSPS) is 10.8. The van der Waals surface area contributed by atoms with Gasteiger partial charge >= 0.3 is 0 Å². The van der Waals surface area contributed by atoms with Crippen LogP contribution in [0.3, 0.4) is 0 Å². The number of pyridine rings is 1. The van der Waals surface area contributed by atoms with E-state index < -0.39 is 5.91 Å². The van der Waals surface area contributed by atoms with Gasteiger partial charge < -0.3 is 23.8 Å². The van der Waals surface area contributed by atoms with Crippen molar-refractivity contribution in [1.29, 1.82) is 0 Å². The molecule has 130 valence electrons. The fourth-order valence-electron chi connectivity index (χ4n) is 2.20. The second-order valence-corrected chi connectivity index (χ2v) is 5.16. The molecule has 4 heterocycles. The van der Waals surface area contributed by atoms with Crippen LogP contribution in [0.15, 0.2) is 61.0 Å². The Labute approximate surface area is 144 Å². The number of carbonyl (C=O) groups excluding carboxylic acids is 1. The van der Waals surface area contributed by atoms with E-state index in [1.807, 2.05) is 0 Å². The summed E-state index contributed by atoms with van der Waals surface area (Å²) in [5, 5.41) is 10.0. The molecule has 0 saturated heterocycles. The molecule has 0 fully saturated rings. The lowest BCUT2D eigenvalue weighted by Crippen LogP contribution is -2.23. The molecule has 0 atom stereocenters. The van der Waals surface area contributed by atoms with Crippen LogP contribution < -0.4 is 10.9 Å². The number of carbonyl (C=O) groups is 1. The summed E-state index contributed by atoms with van der Waals surface area (Å²) in [6, 6.07) is 8.06. The van der Waals surface area contributed by atoms with Gasteiger partial charge in [0, 0.05) is 12.3 Å². The fraction of sp³-hybridized carbons (Fsp3) is 0.0625. The zero-order valence-electron chi connectivity index (χ0n) is 13.1. The Kier molecular flexibility index (Phi) is 3.90. The first-order valence-corrected chi connectivity index (χ1v) is 7.50. The van der Waals surface area contributed by atoms with Gasteiger partial charge in [-0.15, -0.1) is 0 Å². The number of nitrogens with one attached hydrogen (secondary N) is 2. The minimum atomic E-state index is -0.483. The highest BCUT2D eigenvalue weighted by Crippen LogP contribution is 2.20. The molecule has 2 N–H and O–H groups in total. The highest BCUT2D eigenvalue weighted by molar-refractivity contribution is 5.92. The van der Waals surface area contributed by atoms with Crippen LogP contribution in [0.2, 0.25) is 0 Å². The maximum atomic E-state index is 12.1. The number of furan rings is 1. The molecular weight excluding hydrogens is 342 g/mol. The average Bonchev–Trinajstić information content (AvgIpc) is 3.40. The van der Waals surface area contributed by atoms with E-state index in [-0.39, 0.29) is 35.1 Å². The van der Waals surface area contributed by atoms with Crippen molar-refractivity contribution in [2.45, 2.75) is 6.54 Å². The summed E-state index contributed by atoms with van der Waals surface area (Å²) < 4.78 is 15.3. The predicted molar refractivity (Wildman–Crippen MR) is 85.7 cm³/mol. The van der Waals surface area contributed by atoms with Crippen molar-refractivity contribution in [1.82, 2.24) is 25.6 Å². The molecule has 1 amide bonds. The van der Waals surface area contributed by atoms with Crippen LogP contribution in [0.4, 0.5) is 0 Å². The van der Waals surface area contributed by atoms with Crippen molar-refractivity contribution in [3.8, 4) is 22.9 Å². The number of hydrogen-bond donors (Lipinski definition) is 2. The summed E-state index contributed by atoms with van der Waals surface area (Å²) in [6.45, 7) is -0.0283. The molecule has 4 rings (SSSR count). The molecule has 0 saturated carbocycles. The van der Waals surface area contributed by atoms with Crippen LogP contribution in [0.25, 0.3) is 22.9 Å². The maximum absolute atomic E-state index is 12.1. The van der Waals surface area contributed by atoms with Crippen molar-refractivity contribution < 1.29 is 18.3 Å². The van der Waals surface area contributed by atoms with Crippen LogP contribution >= 0.6 is 0 Å². The van der Waals surface area contributed by atoms with Crippen LogP contribution in [-0.2, 0) is 6.54 Å². The summed E-state index contributed by atoms with van der Waals surface area (Å²) >= 11 is 0. The first kappa shape index (κ1) is 15.6. The lowest BCUT2D eigenvalue weighted by molar-refractivity contribution is 0.0937. The van der Waals surface area contributed by atoms with Gasteiger partial charge in [0.15, 0.2) is 11.5 Å². The molecule has 0 radical (unpaired) electrons. The molecule has 4 aromatic rings. The van der Waals surface area contributed by atoms with E-state index >= 15 is 0 Å². The lowest BCUT2D eigenvalue weighted by Gasteiger charge is -1.97. The van der Waals surface area contributed by atoms with Gasteiger partial charge in [-0.25, -0.2) is 0 Å². The Morgan fingerprint density at radius 1 is 1.15 bits per heavy atom. The van der Waals surface area contributed by atoms with Gasteiger partial charge in [-0.2, -0.15) is 4.98 Å². The van der Waals surface area contributed by atoms with E-state index in [4.69, 9.17) is 13.5 Å². The minimum absolute atomic E-state index is 0.0283. The van der Waals surface area contributed by atoms with E-state index in [2.05, 4.69) is 25.6 Å². The molecule has 10 heteroatoms. The number of aromatic amines is 1. The molecule has 0 aliphatic heterocycles. The fourth-order valence-corrected chi connectivity index (χ4v) is 2.20. The van der Waals surface area contributed by atoms with Crippen LogP contribution in [0.5, 0.6) is 0 Å². The van der Waals surface area contributed by atoms with Crippen molar-refractivity contribution in [2.24, 2.45) is 0 Å². The molecule has 4 aromatic heterocycles. The van der Waals surface area contributed by atoms with E-state index in [9.17, 15) is 9.59 Å². The first-order chi connectivity index (χ1) is 12.7. The number of hydrogen-bond acceptors (Lipinski definition) is 8. The SMILES string of the molecule is O=C(NCc1nc(-c2ccc[nH]c2=O)no1)c1cc(-c2ccco2)on1. The molecular formula is C16H11N5O5. The van der Waals surface area contributed by atoms with E-state index in [1.165, 1.54) is 18.5 Å². The molecule has 0 aliphatic rings. The van der Waals surface area contributed by atoms with Gasteiger partial charge in [-0.3, -0.25) is 9.59 Å². The van der Waals surface area contributed by atoms with E-state index in [0.717, 1.165) is 0 Å². The summed E-state index contributed by atoms with van der Waals surface area (Å²) in [4.78, 5) is 30.4. The standard InChI is InChI=1S/C16H11N5O5/c22-15-9(3-1-5-17-15)14-19-13(26-21-14)8-18-16(23)10-7-12(25-20-10)11-4-2-6-24-11/h1-7H,8H2,(H,17,22)(H,18,23). The Bertz CT molecular complexity index is 1090. The summed E-state index contributed by atoms with van der Waals surface area (Å²) in [6.07, 6.45) is 2.99. The van der Waals surface area contributed by atoms with Gasteiger partial charge in [0.1, 0.15) is 0 Å². The van der Waals surface area contributed by atoms with E-state index in [1.54, 1.807) is 24.3 Å². The summed E-state index contributed by atoms with van der Waals surface area (Å²) in [5.41, 5.74) is 0.0148. The van der Waals surface area contributed by atoms with E-state index in [0.29, 0.717) is 11.5 Å². The topological polar surface area (TPSA) is 140 Å². The second-order valence-electron chi connectivity index (χ2n) is 5.16. The quantitative estimate of drug-likeness (QED) is 0.551. The lowest BCUT2D eigenvalue weighted by atomic mass is 10.3. The third kappa shape index (κ3) is 3.02. The number of nitrogens with zero attached hydrogens (tertiary/aromatic N) is 3. The Balaban J connectivity index is 1.42. The molecule has 0 unspecified atom stereocenters. The van der Waals surface area contributed by atoms with Gasteiger partial charge in [0.2, 0.25) is 17.5 Å². The highest BCUT2D eigenvalue weighted by atomic mass is 16.5. The Morgan fingerprint density at radius 2 is 2.08 bits per heavy atom. The first-order valence-electron chi connectivity index (χ1n) is 7.50. The van der Waals surface area contributed by atoms with Gasteiger partial charge in [0.05, 0.1) is 18.4 Å². The van der Waals surface area contributed by atoms with Gasteiger partial charge in [0.25, 0.3) is 11.5 Å². The number of aromatic nitrogens is 4. The molecule has 0 aromatic carbocycles. The van der Waals surface area contributed by atoms with Gasteiger partial charge in [-0.05, 0) is 24.3 Å². The smallest absolute Gasteiger partial charge is 0.273 e. The van der Waals surface area contributed by atoms with Crippen LogP contribution in [0, 0.1) is 0 Å². The number of rotatable bonds is 5. The third-order valence-corrected chi connectivity index (χ3v) is 3.43. The van der Waals surface area contributed by atoms with Crippen LogP contribution in [0.1, 0.15) is 16.4 Å². The molecule has 26 heavy (non-hydrogen) atoms. The van der Waals surface area contributed by atoms with Gasteiger partial charge in [-0.1, -0.05) is 10.3 Å². The molecule has 0 aliphatic carbocycles. The van der Waals surface area contributed by atoms with Crippen molar-refractivity contribution in [2.75, 3.05) is 0 Å². The van der Waals surface area contributed by atoms with Crippen molar-refractivity contribution >= 4 is 5.91 Å². The summed E-state index contributed by atoms with van der Waals surface area (Å²) in [7, 11) is 0. The zero-order chi connectivity index (χ0) is 17.9. The maximum Gasteiger partial charge on any atom is 0.273 e. The molecule has 0 spiro atoms. The van der Waals surface area contributed by atoms with Crippen molar-refractivity contribution in [3.63, 3.8) is 0 Å². The zero-order valence-corrected chi connectivity index (χ0v) is 13.1. The second kappa shape index (κ2) is 6.51. The Hall–Kier alpha value is -3.95. The monoisotopic (exact) mass is 353 g/mol. The molecule has 0 bridgehead atoms. The predicted octanol–water partition coefficient (Wildman–Crippen LogP) is 1.60. The number of H-pyrrole nitrogens is 1.